The monoisotopic (exact) mass is 228 g/mol. The van der Waals surface area contributed by atoms with Gasteiger partial charge in [0.05, 0.1) is 0 Å². The van der Waals surface area contributed by atoms with Crippen molar-refractivity contribution >= 4 is 5.91 Å². The molecule has 4 heteroatoms. The summed E-state index contributed by atoms with van der Waals surface area (Å²) in [6, 6.07) is 0. The van der Waals surface area contributed by atoms with E-state index in [1.165, 1.54) is 51.7 Å². The van der Waals surface area contributed by atoms with Crippen LogP contribution in [0.4, 0.5) is 0 Å². The number of ether oxygens (including phenoxy) is 1. The van der Waals surface area contributed by atoms with E-state index in [1.807, 2.05) is 0 Å². The van der Waals surface area contributed by atoms with Crippen molar-refractivity contribution in [2.75, 3.05) is 32.8 Å². The van der Waals surface area contributed by atoms with E-state index in [4.69, 9.17) is 10.5 Å². The number of carbonyl (C=O) groups is 1. The van der Waals surface area contributed by atoms with Crippen LogP contribution in [0.1, 0.15) is 38.5 Å². The highest BCUT2D eigenvalue weighted by atomic mass is 16.5. The Balaban J connectivity index is 1.82. The fourth-order valence-corrected chi connectivity index (χ4v) is 2.07. The highest BCUT2D eigenvalue weighted by molar-refractivity contribution is 5.74. The first-order chi connectivity index (χ1) is 7.79. The van der Waals surface area contributed by atoms with E-state index >= 15 is 0 Å². The first-order valence-electron chi connectivity index (χ1n) is 6.37. The number of amides is 1. The molecular formula is C12H24N2O2. The topological polar surface area (TPSA) is 55.6 Å². The third-order valence-corrected chi connectivity index (χ3v) is 2.96. The van der Waals surface area contributed by atoms with Gasteiger partial charge in [0.1, 0.15) is 6.61 Å². The summed E-state index contributed by atoms with van der Waals surface area (Å²) in [5.74, 6) is -0.381. The summed E-state index contributed by atoms with van der Waals surface area (Å²) in [4.78, 5) is 12.9. The highest BCUT2D eigenvalue weighted by Gasteiger charge is 2.08. The number of carbonyl (C=O) groups excluding carboxylic acids is 1. The molecule has 0 aliphatic carbocycles. The Morgan fingerprint density at radius 2 is 1.88 bits per heavy atom. The predicted molar refractivity (Wildman–Crippen MR) is 64.2 cm³/mol. The Morgan fingerprint density at radius 1 is 1.12 bits per heavy atom. The fourth-order valence-electron chi connectivity index (χ4n) is 2.07. The van der Waals surface area contributed by atoms with Gasteiger partial charge in [-0.15, -0.1) is 0 Å². The van der Waals surface area contributed by atoms with E-state index in [1.54, 1.807) is 0 Å². The minimum atomic E-state index is -0.381. The van der Waals surface area contributed by atoms with Crippen molar-refractivity contribution in [3.05, 3.63) is 0 Å². The van der Waals surface area contributed by atoms with Crippen molar-refractivity contribution < 1.29 is 9.53 Å². The van der Waals surface area contributed by atoms with Gasteiger partial charge in [-0.3, -0.25) is 4.79 Å². The van der Waals surface area contributed by atoms with Gasteiger partial charge in [0.25, 0.3) is 0 Å². The maximum atomic E-state index is 10.4. The summed E-state index contributed by atoms with van der Waals surface area (Å²) in [6.07, 6.45) is 7.57. The number of nitrogens with zero attached hydrogens (tertiary/aromatic N) is 1. The number of rotatable bonds is 8. The fraction of sp³-hybridized carbons (Fsp3) is 0.917. The maximum Gasteiger partial charge on any atom is 0.243 e. The van der Waals surface area contributed by atoms with Gasteiger partial charge in [-0.1, -0.05) is 6.42 Å². The van der Waals surface area contributed by atoms with Crippen LogP contribution in [0.2, 0.25) is 0 Å². The molecule has 1 amide bonds. The number of likely N-dealkylation sites (tertiary alicyclic amines) is 1. The molecule has 16 heavy (non-hydrogen) atoms. The van der Waals surface area contributed by atoms with Crippen molar-refractivity contribution in [1.82, 2.24) is 4.90 Å². The van der Waals surface area contributed by atoms with Gasteiger partial charge >= 0.3 is 0 Å². The molecule has 0 bridgehead atoms. The van der Waals surface area contributed by atoms with Crippen LogP contribution in [-0.4, -0.2) is 43.7 Å². The predicted octanol–water partition coefficient (Wildman–Crippen LogP) is 1.14. The highest BCUT2D eigenvalue weighted by Crippen LogP contribution is 2.09. The van der Waals surface area contributed by atoms with E-state index in [-0.39, 0.29) is 12.5 Å². The van der Waals surface area contributed by atoms with Crippen molar-refractivity contribution in [3.63, 3.8) is 0 Å². The van der Waals surface area contributed by atoms with Crippen molar-refractivity contribution in [1.29, 1.82) is 0 Å². The van der Waals surface area contributed by atoms with Gasteiger partial charge in [0.2, 0.25) is 5.91 Å². The van der Waals surface area contributed by atoms with Crippen LogP contribution in [0.5, 0.6) is 0 Å². The van der Waals surface area contributed by atoms with E-state index < -0.39 is 0 Å². The van der Waals surface area contributed by atoms with Gasteiger partial charge in [-0.2, -0.15) is 0 Å². The molecule has 1 rings (SSSR count). The Labute approximate surface area is 98.1 Å². The third-order valence-electron chi connectivity index (χ3n) is 2.96. The molecule has 0 spiro atoms. The molecule has 1 saturated heterocycles. The number of hydrogen-bond acceptors (Lipinski definition) is 3. The Kier molecular flexibility index (Phi) is 7.17. The number of unbranched alkanes of at least 4 members (excludes halogenated alkanes) is 2. The number of hydrogen-bond donors (Lipinski definition) is 1. The van der Waals surface area contributed by atoms with Gasteiger partial charge < -0.3 is 15.4 Å². The summed E-state index contributed by atoms with van der Waals surface area (Å²) in [6.45, 7) is 4.49. The zero-order valence-electron chi connectivity index (χ0n) is 10.1. The number of piperidine rings is 1. The molecule has 0 aromatic heterocycles. The Hall–Kier alpha value is -0.610. The van der Waals surface area contributed by atoms with Crippen LogP contribution >= 0.6 is 0 Å². The maximum absolute atomic E-state index is 10.4. The number of nitrogens with two attached hydrogens (primary N) is 1. The molecule has 0 radical (unpaired) electrons. The average molecular weight is 228 g/mol. The van der Waals surface area contributed by atoms with Crippen molar-refractivity contribution in [2.45, 2.75) is 38.5 Å². The second-order valence-corrected chi connectivity index (χ2v) is 4.48. The van der Waals surface area contributed by atoms with Gasteiger partial charge in [0, 0.05) is 6.61 Å². The van der Waals surface area contributed by atoms with Crippen LogP contribution in [0.25, 0.3) is 0 Å². The second kappa shape index (κ2) is 8.53. The molecule has 1 aliphatic rings. The van der Waals surface area contributed by atoms with Crippen molar-refractivity contribution in [3.8, 4) is 0 Å². The lowest BCUT2D eigenvalue weighted by molar-refractivity contribution is -0.122. The third kappa shape index (κ3) is 6.80. The summed E-state index contributed by atoms with van der Waals surface area (Å²) < 4.78 is 5.10. The quantitative estimate of drug-likeness (QED) is 0.634. The molecular weight excluding hydrogens is 204 g/mol. The lowest BCUT2D eigenvalue weighted by Gasteiger charge is -2.26. The molecule has 0 aromatic rings. The molecule has 0 aromatic carbocycles. The van der Waals surface area contributed by atoms with Gasteiger partial charge in [0.15, 0.2) is 0 Å². The molecule has 0 unspecified atom stereocenters. The van der Waals surface area contributed by atoms with Gasteiger partial charge in [-0.25, -0.2) is 0 Å². The van der Waals surface area contributed by atoms with E-state index in [0.717, 1.165) is 6.42 Å². The van der Waals surface area contributed by atoms with Crippen LogP contribution in [-0.2, 0) is 9.53 Å². The Bertz CT molecular complexity index is 191. The second-order valence-electron chi connectivity index (χ2n) is 4.48. The SMILES string of the molecule is NC(=O)COCCCCCN1CCCCC1. The zero-order chi connectivity index (χ0) is 11.6. The van der Waals surface area contributed by atoms with Crippen molar-refractivity contribution in [2.24, 2.45) is 5.73 Å². The summed E-state index contributed by atoms with van der Waals surface area (Å²) in [5, 5.41) is 0. The molecule has 1 fully saturated rings. The molecule has 0 atom stereocenters. The molecule has 94 valence electrons. The van der Waals surface area contributed by atoms with E-state index in [2.05, 4.69) is 4.90 Å². The lowest BCUT2D eigenvalue weighted by Crippen LogP contribution is -2.30. The van der Waals surface area contributed by atoms with Crippen LogP contribution in [0, 0.1) is 0 Å². The standard InChI is InChI=1S/C12H24N2O2/c13-12(15)11-16-10-6-2-5-9-14-7-3-1-4-8-14/h1-11H2,(H2,13,15). The van der Waals surface area contributed by atoms with E-state index in [0.29, 0.717) is 6.61 Å². The summed E-state index contributed by atoms with van der Waals surface area (Å²) >= 11 is 0. The first kappa shape index (κ1) is 13.5. The molecule has 0 saturated carbocycles. The molecule has 2 N–H and O–H groups in total. The smallest absolute Gasteiger partial charge is 0.243 e. The summed E-state index contributed by atoms with van der Waals surface area (Å²) in [5.41, 5.74) is 4.96. The van der Waals surface area contributed by atoms with Crippen LogP contribution in [0.3, 0.4) is 0 Å². The molecule has 1 aliphatic heterocycles. The number of primary amides is 1. The van der Waals surface area contributed by atoms with Crippen LogP contribution < -0.4 is 5.73 Å². The average Bonchev–Trinajstić information content (AvgIpc) is 2.29. The molecule has 1 heterocycles. The normalized spacial score (nSPS) is 17.5. The lowest BCUT2D eigenvalue weighted by atomic mass is 10.1. The Morgan fingerprint density at radius 3 is 2.56 bits per heavy atom. The molecule has 4 nitrogen and oxygen atoms in total. The summed E-state index contributed by atoms with van der Waals surface area (Å²) in [7, 11) is 0. The van der Waals surface area contributed by atoms with E-state index in [9.17, 15) is 4.79 Å². The minimum Gasteiger partial charge on any atom is -0.372 e. The van der Waals surface area contributed by atoms with Crippen LogP contribution in [0.15, 0.2) is 0 Å². The van der Waals surface area contributed by atoms with Gasteiger partial charge in [-0.05, 0) is 51.7 Å². The largest absolute Gasteiger partial charge is 0.372 e. The minimum absolute atomic E-state index is 0.0616. The zero-order valence-corrected chi connectivity index (χ0v) is 10.1. The first-order valence-corrected chi connectivity index (χ1v) is 6.37.